The summed E-state index contributed by atoms with van der Waals surface area (Å²) in [5.41, 5.74) is 0. The van der Waals surface area contributed by atoms with Crippen molar-refractivity contribution >= 4 is 71.3 Å². The minimum atomic E-state index is -4.20. The molecular weight excluding hydrogens is 490 g/mol. The van der Waals surface area contributed by atoms with Crippen LogP contribution >= 0.6 is 36.1 Å². The Hall–Kier alpha value is -2.06. The molecule has 0 amide bonds. The molecule has 3 aliphatic heterocycles. The number of carbonyl (C=O) groups is 3. The van der Waals surface area contributed by atoms with Gasteiger partial charge in [-0.25, -0.2) is 0 Å². The third-order valence-electron chi connectivity index (χ3n) is 2.77. The Labute approximate surface area is 178 Å². The monoisotopic (exact) mass is 498 g/mol. The Bertz CT molecular complexity index is 734. The molecule has 0 bridgehead atoms. The summed E-state index contributed by atoms with van der Waals surface area (Å²) in [5.74, 6) is -3.18. The average molecular weight is 499 g/mol. The molecule has 0 aromatic rings. The summed E-state index contributed by atoms with van der Waals surface area (Å²) in [5, 5.41) is 4.81. The standard InChI is InChI=1S/3C5H4O3S.Ga/c3*6-5(7)4-2-1-3-9-8-4;/h3*1-3H,(H,6,7);/q;;;+3/p-3. The molecule has 3 rings (SSSR count). The summed E-state index contributed by atoms with van der Waals surface area (Å²) in [6, 6.07) is 0. The number of carbonyl (C=O) groups excluding carboxylic acids is 3. The van der Waals surface area contributed by atoms with E-state index in [2.05, 4.69) is 0 Å². The van der Waals surface area contributed by atoms with Crippen molar-refractivity contribution in [2.24, 2.45) is 0 Å². The molecule has 0 saturated carbocycles. The minimum absolute atomic E-state index is 0.131. The topological polar surface area (TPSA) is 107 Å². The van der Waals surface area contributed by atoms with Gasteiger partial charge in [-0.2, -0.15) is 0 Å². The number of hydrogen-bond acceptors (Lipinski definition) is 12. The average Bonchev–Trinajstić information content (AvgIpc) is 2.75. The molecule has 28 heavy (non-hydrogen) atoms. The van der Waals surface area contributed by atoms with Gasteiger partial charge < -0.3 is 0 Å². The molecule has 0 aliphatic carbocycles. The van der Waals surface area contributed by atoms with Crippen LogP contribution in [0.1, 0.15) is 0 Å². The van der Waals surface area contributed by atoms with Gasteiger partial charge in [0, 0.05) is 0 Å². The SMILES string of the molecule is O=C([O][Ga]([O]C(=O)C1=CC=CSO1)[O]C(=O)C1=CC=CSO1)C1=CC=CSO1. The van der Waals surface area contributed by atoms with Crippen molar-refractivity contribution in [2.45, 2.75) is 0 Å². The number of hydrogen-bond donors (Lipinski definition) is 0. The van der Waals surface area contributed by atoms with E-state index in [1.165, 1.54) is 18.2 Å². The zero-order valence-corrected chi connectivity index (χ0v) is 18.5. The fourth-order valence-corrected chi connectivity index (χ4v) is 5.02. The second-order valence-electron chi connectivity index (χ2n) is 4.62. The van der Waals surface area contributed by atoms with Gasteiger partial charge in [-0.3, -0.25) is 0 Å². The molecule has 144 valence electrons. The molecular formula is C15H9GaO9S3. The summed E-state index contributed by atoms with van der Waals surface area (Å²) in [4.78, 5) is 36.6. The summed E-state index contributed by atoms with van der Waals surface area (Å²) in [7, 11) is 0. The fraction of sp³-hybridized carbons (Fsp3) is 0. The first-order valence-corrected chi connectivity index (χ1v) is 12.7. The van der Waals surface area contributed by atoms with Crippen molar-refractivity contribution in [1.29, 1.82) is 0 Å². The van der Waals surface area contributed by atoms with Crippen LogP contribution in [0.2, 0.25) is 0 Å². The van der Waals surface area contributed by atoms with Crippen molar-refractivity contribution in [2.75, 3.05) is 0 Å². The quantitative estimate of drug-likeness (QED) is 0.396. The van der Waals surface area contributed by atoms with E-state index in [9.17, 15) is 14.4 Å². The first-order valence-electron chi connectivity index (χ1n) is 7.37. The molecule has 0 N–H and O–H groups in total. The first-order chi connectivity index (χ1) is 13.6. The van der Waals surface area contributed by atoms with Crippen LogP contribution in [-0.2, 0) is 37.5 Å². The van der Waals surface area contributed by atoms with Gasteiger partial charge in [0.15, 0.2) is 0 Å². The van der Waals surface area contributed by atoms with Crippen molar-refractivity contribution in [3.05, 3.63) is 70.0 Å². The summed E-state index contributed by atoms with van der Waals surface area (Å²) in [6.07, 6.45) is 8.80. The zero-order chi connectivity index (χ0) is 19.8. The van der Waals surface area contributed by atoms with Gasteiger partial charge in [0.2, 0.25) is 0 Å². The normalized spacial score (nSPS) is 16.9. The third-order valence-corrected chi connectivity index (χ3v) is 6.96. The second-order valence-corrected chi connectivity index (χ2v) is 9.21. The van der Waals surface area contributed by atoms with E-state index in [4.69, 9.17) is 23.1 Å². The Morgan fingerprint density at radius 1 is 0.643 bits per heavy atom. The van der Waals surface area contributed by atoms with Crippen LogP contribution in [0.4, 0.5) is 0 Å². The van der Waals surface area contributed by atoms with Gasteiger partial charge in [-0.15, -0.1) is 0 Å². The number of rotatable bonds is 6. The van der Waals surface area contributed by atoms with Gasteiger partial charge in [0.05, 0.1) is 0 Å². The van der Waals surface area contributed by atoms with E-state index >= 15 is 0 Å². The van der Waals surface area contributed by atoms with Gasteiger partial charge >= 0.3 is 179 Å². The number of allylic oxidation sites excluding steroid dienone is 6. The van der Waals surface area contributed by atoms with Crippen molar-refractivity contribution < 1.29 is 37.5 Å². The molecule has 0 saturated heterocycles. The second kappa shape index (κ2) is 10.5. The molecule has 0 radical (unpaired) electrons. The Morgan fingerprint density at radius 2 is 0.964 bits per heavy atom. The fourth-order valence-electron chi connectivity index (χ4n) is 1.61. The molecule has 0 aromatic heterocycles. The van der Waals surface area contributed by atoms with Crippen LogP contribution in [0.3, 0.4) is 0 Å². The van der Waals surface area contributed by atoms with E-state index in [-0.39, 0.29) is 17.3 Å². The summed E-state index contributed by atoms with van der Waals surface area (Å²) < 4.78 is 30.5. The van der Waals surface area contributed by atoms with Crippen molar-refractivity contribution in [3.8, 4) is 0 Å². The van der Waals surface area contributed by atoms with Crippen LogP contribution in [0, 0.1) is 0 Å². The molecule has 3 aliphatic rings. The van der Waals surface area contributed by atoms with Gasteiger partial charge in [0.25, 0.3) is 0 Å². The predicted molar refractivity (Wildman–Crippen MR) is 102 cm³/mol. The van der Waals surface area contributed by atoms with E-state index in [1.807, 2.05) is 0 Å². The van der Waals surface area contributed by atoms with Crippen LogP contribution in [0.5, 0.6) is 0 Å². The molecule has 0 spiro atoms. The maximum absolute atomic E-state index is 12.2. The Kier molecular flexibility index (Phi) is 7.73. The maximum atomic E-state index is 12.2. The van der Waals surface area contributed by atoms with Crippen molar-refractivity contribution in [3.63, 3.8) is 0 Å². The molecule has 3 heterocycles. The van der Waals surface area contributed by atoms with Crippen LogP contribution in [0.25, 0.3) is 0 Å². The first kappa shape index (κ1) is 20.7. The van der Waals surface area contributed by atoms with Crippen LogP contribution in [-0.4, -0.2) is 35.2 Å². The van der Waals surface area contributed by atoms with E-state index < -0.39 is 35.2 Å². The summed E-state index contributed by atoms with van der Waals surface area (Å²) in [6.45, 7) is 0. The van der Waals surface area contributed by atoms with Crippen LogP contribution in [0.15, 0.2) is 70.0 Å². The van der Waals surface area contributed by atoms with Gasteiger partial charge in [-0.1, -0.05) is 0 Å². The van der Waals surface area contributed by atoms with Gasteiger partial charge in [0.1, 0.15) is 0 Å². The van der Waals surface area contributed by atoms with Gasteiger partial charge in [-0.05, 0) is 0 Å². The van der Waals surface area contributed by atoms with E-state index in [0.29, 0.717) is 0 Å². The molecule has 13 heteroatoms. The van der Waals surface area contributed by atoms with E-state index in [1.54, 1.807) is 34.5 Å². The molecule has 0 aromatic carbocycles. The van der Waals surface area contributed by atoms with Crippen molar-refractivity contribution in [1.82, 2.24) is 0 Å². The zero-order valence-electron chi connectivity index (χ0n) is 13.7. The molecule has 0 fully saturated rings. The Balaban J connectivity index is 1.69. The summed E-state index contributed by atoms with van der Waals surface area (Å²) >= 11 is -1.48. The molecule has 0 atom stereocenters. The molecule has 9 nitrogen and oxygen atoms in total. The van der Waals surface area contributed by atoms with Crippen LogP contribution < -0.4 is 0 Å². The molecule has 0 unspecified atom stereocenters. The Morgan fingerprint density at radius 3 is 1.21 bits per heavy atom. The van der Waals surface area contributed by atoms with E-state index in [0.717, 1.165) is 36.1 Å². The third kappa shape index (κ3) is 5.97. The predicted octanol–water partition coefficient (Wildman–Crippen LogP) is 2.83.